The lowest BCUT2D eigenvalue weighted by molar-refractivity contribution is -0.128. The van der Waals surface area contributed by atoms with Crippen LogP contribution in [0.2, 0.25) is 0 Å². The summed E-state index contributed by atoms with van der Waals surface area (Å²) in [4.78, 5) is 17.8. The normalized spacial score (nSPS) is 10.6. The molecule has 0 spiro atoms. The highest BCUT2D eigenvalue weighted by Crippen LogP contribution is 2.20. The maximum Gasteiger partial charge on any atom is 0.296 e. The first-order chi connectivity index (χ1) is 9.13. The Hall–Kier alpha value is -2.24. The quantitative estimate of drug-likeness (QED) is 0.801. The molecule has 1 heterocycles. The Morgan fingerprint density at radius 1 is 1.42 bits per heavy atom. The lowest BCUT2D eigenvalue weighted by atomic mass is 10.3. The molecule has 102 valence electrons. The molecule has 6 nitrogen and oxygen atoms in total. The van der Waals surface area contributed by atoms with Gasteiger partial charge in [0.1, 0.15) is 5.52 Å². The molecule has 3 N–H and O–H groups in total. The minimum atomic E-state index is 0.0202. The number of aromatic nitrogens is 1. The smallest absolute Gasteiger partial charge is 0.296 e. The van der Waals surface area contributed by atoms with Gasteiger partial charge in [0.15, 0.2) is 5.58 Å². The molecular weight excluding hydrogens is 244 g/mol. The van der Waals surface area contributed by atoms with E-state index in [4.69, 9.17) is 10.2 Å². The SMILES string of the molecule is CCN(CC)C(=O)CNc1nc2cc(N)ccc2o1. The van der Waals surface area contributed by atoms with E-state index in [1.165, 1.54) is 0 Å². The molecular formula is C13H18N4O2. The van der Waals surface area contributed by atoms with Crippen LogP contribution in [0.5, 0.6) is 0 Å². The van der Waals surface area contributed by atoms with Crippen molar-refractivity contribution >= 4 is 28.7 Å². The number of oxazole rings is 1. The second-order valence-electron chi connectivity index (χ2n) is 4.17. The minimum Gasteiger partial charge on any atom is -0.424 e. The highest BCUT2D eigenvalue weighted by atomic mass is 16.4. The van der Waals surface area contributed by atoms with Gasteiger partial charge in [0.2, 0.25) is 5.91 Å². The summed E-state index contributed by atoms with van der Waals surface area (Å²) in [6, 6.07) is 5.57. The fraction of sp³-hybridized carbons (Fsp3) is 0.385. The van der Waals surface area contributed by atoms with Gasteiger partial charge in [-0.2, -0.15) is 4.98 Å². The highest BCUT2D eigenvalue weighted by molar-refractivity contribution is 5.81. The maximum atomic E-state index is 11.8. The molecule has 0 aliphatic rings. The van der Waals surface area contributed by atoms with Crippen molar-refractivity contribution in [1.82, 2.24) is 9.88 Å². The lowest BCUT2D eigenvalue weighted by Crippen LogP contribution is -2.35. The van der Waals surface area contributed by atoms with Crippen LogP contribution in [-0.4, -0.2) is 35.4 Å². The van der Waals surface area contributed by atoms with E-state index in [1.54, 1.807) is 23.1 Å². The van der Waals surface area contributed by atoms with Crippen LogP contribution in [0.1, 0.15) is 13.8 Å². The van der Waals surface area contributed by atoms with Crippen molar-refractivity contribution in [2.24, 2.45) is 0 Å². The van der Waals surface area contributed by atoms with Crippen molar-refractivity contribution in [2.45, 2.75) is 13.8 Å². The average Bonchev–Trinajstić information content (AvgIpc) is 2.79. The Labute approximate surface area is 111 Å². The molecule has 2 rings (SSSR count). The largest absolute Gasteiger partial charge is 0.424 e. The second-order valence-corrected chi connectivity index (χ2v) is 4.17. The predicted molar refractivity (Wildman–Crippen MR) is 74.8 cm³/mol. The van der Waals surface area contributed by atoms with Gasteiger partial charge in [-0.05, 0) is 32.0 Å². The Morgan fingerprint density at radius 2 is 2.16 bits per heavy atom. The fourth-order valence-corrected chi connectivity index (χ4v) is 1.86. The first-order valence-electron chi connectivity index (χ1n) is 6.31. The van der Waals surface area contributed by atoms with E-state index < -0.39 is 0 Å². The number of hydrogen-bond acceptors (Lipinski definition) is 5. The van der Waals surface area contributed by atoms with Crippen molar-refractivity contribution in [3.63, 3.8) is 0 Å². The summed E-state index contributed by atoms with van der Waals surface area (Å²) < 4.78 is 5.47. The van der Waals surface area contributed by atoms with Gasteiger partial charge >= 0.3 is 0 Å². The van der Waals surface area contributed by atoms with E-state index >= 15 is 0 Å². The zero-order valence-corrected chi connectivity index (χ0v) is 11.1. The van der Waals surface area contributed by atoms with Crippen molar-refractivity contribution in [3.8, 4) is 0 Å². The zero-order chi connectivity index (χ0) is 13.8. The van der Waals surface area contributed by atoms with Crippen LogP contribution in [0.15, 0.2) is 22.6 Å². The first kappa shape index (κ1) is 13.2. The van der Waals surface area contributed by atoms with Crippen LogP contribution in [-0.2, 0) is 4.79 Å². The van der Waals surface area contributed by atoms with Crippen LogP contribution in [0, 0.1) is 0 Å². The Morgan fingerprint density at radius 3 is 2.84 bits per heavy atom. The average molecular weight is 262 g/mol. The number of anilines is 2. The topological polar surface area (TPSA) is 84.4 Å². The zero-order valence-electron chi connectivity index (χ0n) is 11.1. The van der Waals surface area contributed by atoms with Crippen LogP contribution < -0.4 is 11.1 Å². The van der Waals surface area contributed by atoms with E-state index in [1.807, 2.05) is 13.8 Å². The van der Waals surface area contributed by atoms with Gasteiger partial charge in [-0.15, -0.1) is 0 Å². The number of likely N-dealkylation sites (N-methyl/N-ethyl adjacent to an activating group) is 1. The van der Waals surface area contributed by atoms with Crippen molar-refractivity contribution in [3.05, 3.63) is 18.2 Å². The monoisotopic (exact) mass is 262 g/mol. The third kappa shape index (κ3) is 2.96. The number of nitrogens with two attached hydrogens (primary N) is 1. The molecule has 19 heavy (non-hydrogen) atoms. The van der Waals surface area contributed by atoms with Gasteiger partial charge < -0.3 is 20.4 Å². The molecule has 0 saturated heterocycles. The number of hydrogen-bond donors (Lipinski definition) is 2. The molecule has 1 amide bonds. The van der Waals surface area contributed by atoms with E-state index in [0.29, 0.717) is 35.9 Å². The predicted octanol–water partition coefficient (Wildman–Crippen LogP) is 1.69. The third-order valence-electron chi connectivity index (χ3n) is 2.92. The fourth-order valence-electron chi connectivity index (χ4n) is 1.86. The molecule has 1 aromatic carbocycles. The van der Waals surface area contributed by atoms with Gasteiger partial charge in [0.05, 0.1) is 6.54 Å². The molecule has 0 atom stereocenters. The number of nitrogen functional groups attached to an aromatic ring is 1. The molecule has 0 bridgehead atoms. The number of benzene rings is 1. The number of carbonyl (C=O) groups is 1. The van der Waals surface area contributed by atoms with Crippen LogP contribution in [0.4, 0.5) is 11.7 Å². The molecule has 0 unspecified atom stereocenters. The Bertz CT molecular complexity index is 575. The summed E-state index contributed by atoms with van der Waals surface area (Å²) in [6.07, 6.45) is 0. The molecule has 2 aromatic rings. The van der Waals surface area contributed by atoms with Gasteiger partial charge in [0, 0.05) is 18.8 Å². The minimum absolute atomic E-state index is 0.0202. The van der Waals surface area contributed by atoms with Crippen molar-refractivity contribution < 1.29 is 9.21 Å². The summed E-state index contributed by atoms with van der Waals surface area (Å²) in [6.45, 7) is 5.46. The summed E-state index contributed by atoms with van der Waals surface area (Å²) >= 11 is 0. The van der Waals surface area contributed by atoms with E-state index in [-0.39, 0.29) is 12.5 Å². The van der Waals surface area contributed by atoms with Crippen LogP contribution in [0.3, 0.4) is 0 Å². The number of carbonyl (C=O) groups excluding carboxylic acids is 1. The van der Waals surface area contributed by atoms with Gasteiger partial charge in [-0.25, -0.2) is 0 Å². The third-order valence-corrected chi connectivity index (χ3v) is 2.92. The summed E-state index contributed by atoms with van der Waals surface area (Å²) in [5, 5.41) is 2.89. The van der Waals surface area contributed by atoms with E-state index in [0.717, 1.165) is 0 Å². The summed E-state index contributed by atoms with van der Waals surface area (Å²) in [7, 11) is 0. The van der Waals surface area contributed by atoms with E-state index in [2.05, 4.69) is 10.3 Å². The molecule has 1 aromatic heterocycles. The molecule has 6 heteroatoms. The van der Waals surface area contributed by atoms with Gasteiger partial charge in [0.25, 0.3) is 6.01 Å². The number of fused-ring (bicyclic) bond motifs is 1. The first-order valence-corrected chi connectivity index (χ1v) is 6.31. The Kier molecular flexibility index (Phi) is 3.89. The molecule has 0 fully saturated rings. The number of nitrogens with one attached hydrogen (secondary N) is 1. The van der Waals surface area contributed by atoms with Crippen LogP contribution in [0.25, 0.3) is 11.1 Å². The van der Waals surface area contributed by atoms with Gasteiger partial charge in [-0.1, -0.05) is 0 Å². The maximum absolute atomic E-state index is 11.8. The molecule has 0 aliphatic heterocycles. The van der Waals surface area contributed by atoms with Crippen molar-refractivity contribution in [1.29, 1.82) is 0 Å². The van der Waals surface area contributed by atoms with E-state index in [9.17, 15) is 4.79 Å². The number of nitrogens with zero attached hydrogens (tertiary/aromatic N) is 2. The van der Waals surface area contributed by atoms with Crippen molar-refractivity contribution in [2.75, 3.05) is 30.7 Å². The summed E-state index contributed by atoms with van der Waals surface area (Å²) in [5.41, 5.74) is 7.62. The van der Waals surface area contributed by atoms with Crippen LogP contribution >= 0.6 is 0 Å². The molecule has 0 aliphatic carbocycles. The molecule has 0 radical (unpaired) electrons. The lowest BCUT2D eigenvalue weighted by Gasteiger charge is -2.18. The highest BCUT2D eigenvalue weighted by Gasteiger charge is 2.11. The number of amides is 1. The Balaban J connectivity index is 2.03. The standard InChI is InChI=1S/C13H18N4O2/c1-3-17(4-2)12(18)8-15-13-16-10-7-9(14)5-6-11(10)19-13/h5-7H,3-4,8,14H2,1-2H3,(H,15,16). The number of rotatable bonds is 5. The van der Waals surface area contributed by atoms with Gasteiger partial charge in [-0.3, -0.25) is 4.79 Å². The second kappa shape index (κ2) is 5.60. The molecule has 0 saturated carbocycles. The summed E-state index contributed by atoms with van der Waals surface area (Å²) in [5.74, 6) is 0.0202.